The lowest BCUT2D eigenvalue weighted by molar-refractivity contribution is 0.174. The first-order valence-electron chi connectivity index (χ1n) is 7.11. The van der Waals surface area contributed by atoms with E-state index in [4.69, 9.17) is 5.73 Å². The van der Waals surface area contributed by atoms with Crippen molar-refractivity contribution >= 4 is 0 Å². The Morgan fingerprint density at radius 2 is 2.11 bits per heavy atom. The van der Waals surface area contributed by atoms with Gasteiger partial charge in [0, 0.05) is 19.1 Å². The van der Waals surface area contributed by atoms with Crippen LogP contribution in [0, 0.1) is 19.8 Å². The fraction of sp³-hybridized carbons (Fsp3) is 0.625. The molecule has 1 saturated heterocycles. The van der Waals surface area contributed by atoms with Crippen LogP contribution in [0.2, 0.25) is 0 Å². The van der Waals surface area contributed by atoms with Gasteiger partial charge in [-0.25, -0.2) is 0 Å². The number of aryl methyl sites for hydroxylation is 2. The van der Waals surface area contributed by atoms with Crippen LogP contribution in [0.1, 0.15) is 42.5 Å². The number of likely N-dealkylation sites (tertiary alicyclic amines) is 1. The summed E-state index contributed by atoms with van der Waals surface area (Å²) >= 11 is 0. The quantitative estimate of drug-likeness (QED) is 0.888. The first-order chi connectivity index (χ1) is 8.56. The molecule has 1 aliphatic rings. The van der Waals surface area contributed by atoms with Crippen LogP contribution in [0.25, 0.3) is 0 Å². The SMILES string of the molecule is Cc1ccc(C(N)CN2CCCC(C)C2)cc1C. The van der Waals surface area contributed by atoms with E-state index in [1.54, 1.807) is 0 Å². The van der Waals surface area contributed by atoms with Crippen molar-refractivity contribution in [3.05, 3.63) is 34.9 Å². The molecule has 2 nitrogen and oxygen atoms in total. The second kappa shape index (κ2) is 5.85. The summed E-state index contributed by atoms with van der Waals surface area (Å²) in [6.45, 7) is 10.1. The summed E-state index contributed by atoms with van der Waals surface area (Å²) in [5, 5.41) is 0. The number of nitrogens with two attached hydrogens (primary N) is 1. The number of benzene rings is 1. The highest BCUT2D eigenvalue weighted by atomic mass is 15.1. The van der Waals surface area contributed by atoms with E-state index in [0.29, 0.717) is 0 Å². The van der Waals surface area contributed by atoms with Crippen molar-refractivity contribution in [2.45, 2.75) is 39.7 Å². The molecule has 2 heteroatoms. The Bertz CT molecular complexity index is 400. The molecule has 18 heavy (non-hydrogen) atoms. The van der Waals surface area contributed by atoms with Crippen LogP contribution < -0.4 is 5.73 Å². The molecule has 0 spiro atoms. The van der Waals surface area contributed by atoms with Crippen molar-refractivity contribution < 1.29 is 0 Å². The first-order valence-corrected chi connectivity index (χ1v) is 7.11. The summed E-state index contributed by atoms with van der Waals surface area (Å²) in [6.07, 6.45) is 2.69. The van der Waals surface area contributed by atoms with E-state index in [-0.39, 0.29) is 6.04 Å². The topological polar surface area (TPSA) is 29.3 Å². The summed E-state index contributed by atoms with van der Waals surface area (Å²) in [4.78, 5) is 2.52. The standard InChI is InChI=1S/C16H26N2/c1-12-5-4-8-18(10-12)11-16(17)15-7-6-13(2)14(3)9-15/h6-7,9,12,16H,4-5,8,10-11,17H2,1-3H3. The lowest BCUT2D eigenvalue weighted by atomic mass is 9.97. The van der Waals surface area contributed by atoms with Crippen LogP contribution >= 0.6 is 0 Å². The van der Waals surface area contributed by atoms with Gasteiger partial charge in [-0.3, -0.25) is 0 Å². The van der Waals surface area contributed by atoms with E-state index >= 15 is 0 Å². The number of rotatable bonds is 3. The van der Waals surface area contributed by atoms with Gasteiger partial charge >= 0.3 is 0 Å². The smallest absolute Gasteiger partial charge is 0.0424 e. The molecule has 2 atom stereocenters. The van der Waals surface area contributed by atoms with Crippen LogP contribution in [-0.2, 0) is 0 Å². The van der Waals surface area contributed by atoms with Gasteiger partial charge < -0.3 is 10.6 Å². The van der Waals surface area contributed by atoms with Gasteiger partial charge in [-0.05, 0) is 55.8 Å². The third-order valence-corrected chi connectivity index (χ3v) is 4.16. The van der Waals surface area contributed by atoms with Crippen molar-refractivity contribution in [2.75, 3.05) is 19.6 Å². The van der Waals surface area contributed by atoms with E-state index in [1.807, 2.05) is 0 Å². The van der Waals surface area contributed by atoms with Gasteiger partial charge in [0.05, 0.1) is 0 Å². The molecule has 0 bridgehead atoms. The molecule has 2 rings (SSSR count). The zero-order chi connectivity index (χ0) is 13.1. The minimum atomic E-state index is 0.148. The average Bonchev–Trinajstić information content (AvgIpc) is 2.32. The Morgan fingerprint density at radius 3 is 2.78 bits per heavy atom. The van der Waals surface area contributed by atoms with Crippen molar-refractivity contribution in [1.29, 1.82) is 0 Å². The molecule has 100 valence electrons. The molecule has 1 aromatic carbocycles. The maximum Gasteiger partial charge on any atom is 0.0424 e. The Morgan fingerprint density at radius 1 is 1.33 bits per heavy atom. The van der Waals surface area contributed by atoms with E-state index in [2.05, 4.69) is 43.9 Å². The summed E-state index contributed by atoms with van der Waals surface area (Å²) < 4.78 is 0. The Labute approximate surface area is 111 Å². The lowest BCUT2D eigenvalue weighted by Gasteiger charge is -2.32. The molecule has 1 aromatic rings. The van der Waals surface area contributed by atoms with E-state index in [9.17, 15) is 0 Å². The molecule has 1 aliphatic heterocycles. The second-order valence-electron chi connectivity index (χ2n) is 5.96. The summed E-state index contributed by atoms with van der Waals surface area (Å²) in [5.41, 5.74) is 10.3. The lowest BCUT2D eigenvalue weighted by Crippen LogP contribution is -2.39. The van der Waals surface area contributed by atoms with E-state index in [0.717, 1.165) is 12.5 Å². The molecule has 2 unspecified atom stereocenters. The van der Waals surface area contributed by atoms with Gasteiger partial charge in [0.1, 0.15) is 0 Å². The number of piperidine rings is 1. The third-order valence-electron chi connectivity index (χ3n) is 4.16. The Kier molecular flexibility index (Phi) is 4.41. The first kappa shape index (κ1) is 13.6. The number of nitrogens with zero attached hydrogens (tertiary/aromatic N) is 1. The van der Waals surface area contributed by atoms with Crippen LogP contribution in [-0.4, -0.2) is 24.5 Å². The van der Waals surface area contributed by atoms with Crippen LogP contribution in [0.5, 0.6) is 0 Å². The molecule has 0 amide bonds. The maximum absolute atomic E-state index is 6.35. The maximum atomic E-state index is 6.35. The molecular weight excluding hydrogens is 220 g/mol. The third kappa shape index (κ3) is 3.33. The van der Waals surface area contributed by atoms with Gasteiger partial charge in [-0.15, -0.1) is 0 Å². The molecule has 0 aromatic heterocycles. The minimum absolute atomic E-state index is 0.148. The number of hydrogen-bond donors (Lipinski definition) is 1. The minimum Gasteiger partial charge on any atom is -0.323 e. The Hall–Kier alpha value is -0.860. The predicted molar refractivity (Wildman–Crippen MR) is 77.7 cm³/mol. The molecule has 1 fully saturated rings. The van der Waals surface area contributed by atoms with Crippen LogP contribution in [0.4, 0.5) is 0 Å². The molecule has 0 radical (unpaired) electrons. The zero-order valence-corrected chi connectivity index (χ0v) is 11.9. The highest BCUT2D eigenvalue weighted by Crippen LogP contribution is 2.20. The molecule has 2 N–H and O–H groups in total. The summed E-state index contributed by atoms with van der Waals surface area (Å²) in [5.74, 6) is 0.825. The largest absolute Gasteiger partial charge is 0.323 e. The van der Waals surface area contributed by atoms with Gasteiger partial charge in [0.25, 0.3) is 0 Å². The van der Waals surface area contributed by atoms with Crippen molar-refractivity contribution in [1.82, 2.24) is 4.90 Å². The van der Waals surface area contributed by atoms with Crippen LogP contribution in [0.3, 0.4) is 0 Å². The molecule has 1 heterocycles. The van der Waals surface area contributed by atoms with Crippen LogP contribution in [0.15, 0.2) is 18.2 Å². The molecule has 0 aliphatic carbocycles. The second-order valence-corrected chi connectivity index (χ2v) is 5.96. The van der Waals surface area contributed by atoms with Crippen molar-refractivity contribution in [2.24, 2.45) is 11.7 Å². The van der Waals surface area contributed by atoms with Gasteiger partial charge in [-0.2, -0.15) is 0 Å². The molecule has 0 saturated carbocycles. The van der Waals surface area contributed by atoms with Crippen molar-refractivity contribution in [3.8, 4) is 0 Å². The average molecular weight is 246 g/mol. The summed E-state index contributed by atoms with van der Waals surface area (Å²) in [6, 6.07) is 6.76. The molecular formula is C16H26N2. The Balaban J connectivity index is 1.98. The van der Waals surface area contributed by atoms with E-state index < -0.39 is 0 Å². The summed E-state index contributed by atoms with van der Waals surface area (Å²) in [7, 11) is 0. The van der Waals surface area contributed by atoms with Gasteiger partial charge in [0.15, 0.2) is 0 Å². The highest BCUT2D eigenvalue weighted by molar-refractivity contribution is 5.31. The number of hydrogen-bond acceptors (Lipinski definition) is 2. The van der Waals surface area contributed by atoms with Gasteiger partial charge in [0.2, 0.25) is 0 Å². The van der Waals surface area contributed by atoms with E-state index in [1.165, 1.54) is 42.6 Å². The zero-order valence-electron chi connectivity index (χ0n) is 11.9. The van der Waals surface area contributed by atoms with Gasteiger partial charge in [-0.1, -0.05) is 25.1 Å². The van der Waals surface area contributed by atoms with Crippen molar-refractivity contribution in [3.63, 3.8) is 0 Å². The fourth-order valence-electron chi connectivity index (χ4n) is 2.83. The fourth-order valence-corrected chi connectivity index (χ4v) is 2.83. The predicted octanol–water partition coefficient (Wildman–Crippen LogP) is 3.04. The monoisotopic (exact) mass is 246 g/mol. The highest BCUT2D eigenvalue weighted by Gasteiger charge is 2.19. The normalized spacial score (nSPS) is 23.0.